The molecule has 0 atom stereocenters. The lowest BCUT2D eigenvalue weighted by Gasteiger charge is -2.05. The van der Waals surface area contributed by atoms with Gasteiger partial charge in [-0.15, -0.1) is 11.3 Å². The van der Waals surface area contributed by atoms with E-state index in [1.807, 2.05) is 13.3 Å². The monoisotopic (exact) mass is 254 g/mol. The summed E-state index contributed by atoms with van der Waals surface area (Å²) in [6.07, 6.45) is 6.37. The molecule has 0 bridgehead atoms. The van der Waals surface area contributed by atoms with Crippen molar-refractivity contribution in [3.63, 3.8) is 0 Å². The standard InChI is InChI=1S/C12H18N2S2/c1-5-6-7-10(8-13-3)11-9(2)16-12(15)14(11)4/h7-8H,5-6H2,1-4H3/b10-7+,13-8?. The molecule has 0 spiro atoms. The van der Waals surface area contributed by atoms with Gasteiger partial charge in [0, 0.05) is 30.8 Å². The largest absolute Gasteiger partial charge is 0.326 e. The van der Waals surface area contributed by atoms with Gasteiger partial charge < -0.3 is 4.57 Å². The van der Waals surface area contributed by atoms with Gasteiger partial charge in [0.15, 0.2) is 3.95 Å². The molecule has 0 saturated carbocycles. The van der Waals surface area contributed by atoms with E-state index in [-0.39, 0.29) is 0 Å². The molecule has 0 aliphatic rings. The lowest BCUT2D eigenvalue weighted by molar-refractivity contribution is 0.895. The Morgan fingerprint density at radius 1 is 1.56 bits per heavy atom. The zero-order chi connectivity index (χ0) is 12.1. The first kappa shape index (κ1) is 13.3. The van der Waals surface area contributed by atoms with E-state index in [0.717, 1.165) is 16.8 Å². The van der Waals surface area contributed by atoms with Gasteiger partial charge in [0.05, 0.1) is 5.69 Å². The molecule has 0 radical (unpaired) electrons. The predicted octanol–water partition coefficient (Wildman–Crippen LogP) is 4.01. The molecule has 0 N–H and O–H groups in total. The van der Waals surface area contributed by atoms with Crippen LogP contribution in [-0.4, -0.2) is 17.8 Å². The van der Waals surface area contributed by atoms with Crippen molar-refractivity contribution in [3.8, 4) is 0 Å². The van der Waals surface area contributed by atoms with Crippen molar-refractivity contribution in [2.75, 3.05) is 7.05 Å². The van der Waals surface area contributed by atoms with Crippen LogP contribution in [0.3, 0.4) is 0 Å². The minimum Gasteiger partial charge on any atom is -0.326 e. The Morgan fingerprint density at radius 2 is 2.25 bits per heavy atom. The fraction of sp³-hybridized carbons (Fsp3) is 0.500. The highest BCUT2D eigenvalue weighted by Gasteiger charge is 2.09. The normalized spacial score (nSPS) is 12.6. The molecule has 0 unspecified atom stereocenters. The molecule has 1 aromatic heterocycles. The summed E-state index contributed by atoms with van der Waals surface area (Å²) in [6.45, 7) is 4.29. The van der Waals surface area contributed by atoms with E-state index in [9.17, 15) is 0 Å². The van der Waals surface area contributed by atoms with E-state index < -0.39 is 0 Å². The highest BCUT2D eigenvalue weighted by molar-refractivity contribution is 7.73. The van der Waals surface area contributed by atoms with Crippen molar-refractivity contribution in [2.24, 2.45) is 12.0 Å². The first-order valence-corrected chi connectivity index (χ1v) is 6.63. The number of rotatable bonds is 4. The van der Waals surface area contributed by atoms with Crippen LogP contribution in [0.15, 0.2) is 11.1 Å². The van der Waals surface area contributed by atoms with E-state index >= 15 is 0 Å². The number of nitrogens with zero attached hydrogens (tertiary/aromatic N) is 2. The summed E-state index contributed by atoms with van der Waals surface area (Å²) in [4.78, 5) is 5.38. The van der Waals surface area contributed by atoms with Crippen molar-refractivity contribution in [2.45, 2.75) is 26.7 Å². The molecule has 1 heterocycles. The second-order valence-corrected chi connectivity index (χ2v) is 5.52. The lowest BCUT2D eigenvalue weighted by atomic mass is 10.1. The molecule has 16 heavy (non-hydrogen) atoms. The number of aromatic nitrogens is 1. The Morgan fingerprint density at radius 3 is 2.69 bits per heavy atom. The third kappa shape index (κ3) is 2.89. The van der Waals surface area contributed by atoms with E-state index in [1.165, 1.54) is 16.1 Å². The first-order valence-electron chi connectivity index (χ1n) is 5.40. The van der Waals surface area contributed by atoms with Gasteiger partial charge in [-0.3, -0.25) is 4.99 Å². The molecule has 0 aromatic carbocycles. The van der Waals surface area contributed by atoms with Crippen LogP contribution in [-0.2, 0) is 7.05 Å². The van der Waals surface area contributed by atoms with Gasteiger partial charge in [-0.05, 0) is 25.6 Å². The second-order valence-electron chi connectivity index (χ2n) is 3.67. The minimum atomic E-state index is 0.916. The molecule has 0 aliphatic heterocycles. The van der Waals surface area contributed by atoms with Crippen molar-refractivity contribution in [3.05, 3.63) is 20.6 Å². The van der Waals surface area contributed by atoms with Crippen molar-refractivity contribution in [1.29, 1.82) is 0 Å². The molecule has 88 valence electrons. The van der Waals surface area contributed by atoms with E-state index in [0.29, 0.717) is 0 Å². The molecular weight excluding hydrogens is 236 g/mol. The highest BCUT2D eigenvalue weighted by atomic mass is 32.1. The average Bonchev–Trinajstić information content (AvgIpc) is 2.49. The number of allylic oxidation sites excluding steroid dienone is 2. The van der Waals surface area contributed by atoms with Gasteiger partial charge >= 0.3 is 0 Å². The maximum absolute atomic E-state index is 5.29. The van der Waals surface area contributed by atoms with E-state index in [4.69, 9.17) is 12.2 Å². The van der Waals surface area contributed by atoms with Crippen LogP contribution >= 0.6 is 23.6 Å². The SMILES string of the molecule is CCC/C=C(\C=NC)c1c(C)sc(=S)n1C. The van der Waals surface area contributed by atoms with Gasteiger partial charge in [-0.2, -0.15) is 0 Å². The first-order chi connectivity index (χ1) is 7.61. The maximum Gasteiger partial charge on any atom is 0.161 e. The van der Waals surface area contributed by atoms with Gasteiger partial charge in [-0.25, -0.2) is 0 Å². The molecule has 0 aliphatic carbocycles. The Balaban J connectivity index is 3.26. The fourth-order valence-corrected chi connectivity index (χ4v) is 2.93. The third-order valence-corrected chi connectivity index (χ3v) is 3.85. The zero-order valence-corrected chi connectivity index (χ0v) is 11.9. The summed E-state index contributed by atoms with van der Waals surface area (Å²) >= 11 is 6.95. The van der Waals surface area contributed by atoms with Crippen LogP contribution in [0.2, 0.25) is 0 Å². The van der Waals surface area contributed by atoms with Gasteiger partial charge in [0.1, 0.15) is 0 Å². The molecule has 0 saturated heterocycles. The van der Waals surface area contributed by atoms with E-state index in [1.54, 1.807) is 18.4 Å². The third-order valence-electron chi connectivity index (χ3n) is 2.38. The molecule has 4 heteroatoms. The summed E-state index contributed by atoms with van der Waals surface area (Å²) in [5, 5.41) is 0. The number of hydrogen-bond acceptors (Lipinski definition) is 3. The van der Waals surface area contributed by atoms with Crippen molar-refractivity contribution < 1.29 is 0 Å². The summed E-state index contributed by atoms with van der Waals surface area (Å²) < 4.78 is 2.98. The summed E-state index contributed by atoms with van der Waals surface area (Å²) in [5.41, 5.74) is 2.38. The number of aryl methyl sites for hydroxylation is 1. The predicted molar refractivity (Wildman–Crippen MR) is 76.2 cm³/mol. The summed E-state index contributed by atoms with van der Waals surface area (Å²) in [7, 11) is 3.82. The second kappa shape index (κ2) is 6.11. The Kier molecular flexibility index (Phi) is 5.09. The molecule has 2 nitrogen and oxygen atoms in total. The topological polar surface area (TPSA) is 17.3 Å². The van der Waals surface area contributed by atoms with Gasteiger partial charge in [0.2, 0.25) is 0 Å². The smallest absolute Gasteiger partial charge is 0.161 e. The molecule has 1 aromatic rings. The Labute approximate surface area is 106 Å². The number of thiazole rings is 1. The Hall–Kier alpha value is -0.740. The molecule has 1 rings (SSSR count). The number of unbranched alkanes of at least 4 members (excludes halogenated alkanes) is 1. The van der Waals surface area contributed by atoms with Crippen molar-refractivity contribution in [1.82, 2.24) is 4.57 Å². The van der Waals surface area contributed by atoms with Crippen LogP contribution in [0.4, 0.5) is 0 Å². The van der Waals surface area contributed by atoms with Crippen LogP contribution in [0.25, 0.3) is 5.57 Å². The number of hydrogen-bond donors (Lipinski definition) is 0. The highest BCUT2D eigenvalue weighted by Crippen LogP contribution is 2.24. The maximum atomic E-state index is 5.29. The summed E-state index contributed by atoms with van der Waals surface area (Å²) in [5.74, 6) is 0. The Bertz CT molecular complexity index is 464. The molecular formula is C12H18N2S2. The quantitative estimate of drug-likeness (QED) is 0.586. The lowest BCUT2D eigenvalue weighted by Crippen LogP contribution is -1.98. The van der Waals surface area contributed by atoms with Gasteiger partial charge in [0.25, 0.3) is 0 Å². The van der Waals surface area contributed by atoms with Crippen LogP contribution in [0.5, 0.6) is 0 Å². The summed E-state index contributed by atoms with van der Waals surface area (Å²) in [6, 6.07) is 0. The van der Waals surface area contributed by atoms with Crippen LogP contribution < -0.4 is 0 Å². The zero-order valence-electron chi connectivity index (χ0n) is 10.3. The molecule has 0 fully saturated rings. The van der Waals surface area contributed by atoms with Crippen molar-refractivity contribution >= 4 is 35.3 Å². The molecule has 0 amide bonds. The number of aliphatic imine (C=N–C) groups is 1. The fourth-order valence-electron chi connectivity index (χ4n) is 1.62. The minimum absolute atomic E-state index is 0.916. The average molecular weight is 254 g/mol. The van der Waals surface area contributed by atoms with Crippen LogP contribution in [0, 0.1) is 10.9 Å². The van der Waals surface area contributed by atoms with E-state index in [2.05, 4.69) is 29.5 Å². The van der Waals surface area contributed by atoms with Crippen LogP contribution in [0.1, 0.15) is 30.3 Å². The van der Waals surface area contributed by atoms with Gasteiger partial charge in [-0.1, -0.05) is 19.4 Å².